The minimum atomic E-state index is -4.93. The summed E-state index contributed by atoms with van der Waals surface area (Å²) in [6.45, 7) is 4.04. The van der Waals surface area contributed by atoms with Gasteiger partial charge in [-0.25, -0.2) is 8.42 Å². The molecule has 0 fully saturated rings. The van der Waals surface area contributed by atoms with E-state index in [-0.39, 0.29) is 0 Å². The molecular weight excluding hydrogens is 452 g/mol. The molecule has 162 valence electrons. The van der Waals surface area contributed by atoms with Crippen LogP contribution >= 0.6 is 11.6 Å². The molecule has 1 heterocycles. The monoisotopic (exact) mass is 465 g/mol. The van der Waals surface area contributed by atoms with Gasteiger partial charge >= 0.3 is 18.2 Å². The summed E-state index contributed by atoms with van der Waals surface area (Å²) < 4.78 is 107. The van der Waals surface area contributed by atoms with Crippen molar-refractivity contribution in [2.45, 2.75) is 50.1 Å². The first-order chi connectivity index (χ1) is 13.1. The van der Waals surface area contributed by atoms with Crippen LogP contribution in [-0.2, 0) is 22.4 Å². The Balaban J connectivity index is 2.50. The highest BCUT2D eigenvalue weighted by Crippen LogP contribution is 2.37. The van der Waals surface area contributed by atoms with Crippen LogP contribution < -0.4 is 0 Å². The van der Waals surface area contributed by atoms with Crippen LogP contribution in [0.4, 0.5) is 26.3 Å². The van der Waals surface area contributed by atoms with Gasteiger partial charge in [0.05, 0.1) is 16.6 Å². The number of benzene rings is 1. The second-order valence-corrected chi connectivity index (χ2v) is 8.42. The van der Waals surface area contributed by atoms with E-state index in [1.54, 1.807) is 0 Å². The maximum absolute atomic E-state index is 13.0. The van der Waals surface area contributed by atoms with Crippen LogP contribution in [0.1, 0.15) is 44.1 Å². The second kappa shape index (κ2) is 7.76. The van der Waals surface area contributed by atoms with Gasteiger partial charge in [0.25, 0.3) is 0 Å². The van der Waals surface area contributed by atoms with Crippen LogP contribution in [0.2, 0.25) is 5.02 Å². The lowest BCUT2D eigenvalue weighted by atomic mass is 10.2. The van der Waals surface area contributed by atoms with Crippen LogP contribution in [-0.4, -0.2) is 28.9 Å². The summed E-state index contributed by atoms with van der Waals surface area (Å²) >= 11 is 5.78. The average molecular weight is 466 g/mol. The molecule has 0 amide bonds. The molecule has 0 aliphatic heterocycles. The number of sulfonamides is 1. The highest BCUT2D eigenvalue weighted by molar-refractivity contribution is 7.89. The van der Waals surface area contributed by atoms with Gasteiger partial charge in [0.1, 0.15) is 4.90 Å². The van der Waals surface area contributed by atoms with E-state index in [2.05, 4.69) is 14.7 Å². The third-order valence-electron chi connectivity index (χ3n) is 3.76. The Kier molecular flexibility index (Phi) is 6.27. The molecule has 0 saturated carbocycles. The predicted molar refractivity (Wildman–Crippen MR) is 88.3 cm³/mol. The van der Waals surface area contributed by atoms with E-state index in [1.165, 1.54) is 20.8 Å². The van der Waals surface area contributed by atoms with Crippen molar-refractivity contribution in [2.75, 3.05) is 0 Å². The number of hydrogen-bond donors (Lipinski definition) is 0. The van der Waals surface area contributed by atoms with E-state index < -0.39 is 61.7 Å². The summed E-state index contributed by atoms with van der Waals surface area (Å²) in [5, 5.41) is 2.48. The number of aromatic nitrogens is 2. The van der Waals surface area contributed by atoms with Crippen molar-refractivity contribution in [1.29, 1.82) is 0 Å². The summed E-state index contributed by atoms with van der Waals surface area (Å²) in [5.74, 6) is -2.23. The number of rotatable bonds is 5. The Bertz CT molecular complexity index is 988. The maximum Gasteiger partial charge on any atom is 0.471 e. The predicted octanol–water partition coefficient (Wildman–Crippen LogP) is 4.92. The van der Waals surface area contributed by atoms with E-state index in [1.807, 2.05) is 0 Å². The van der Waals surface area contributed by atoms with Gasteiger partial charge in [0.15, 0.2) is 5.82 Å². The maximum atomic E-state index is 13.0. The third kappa shape index (κ3) is 4.83. The highest BCUT2D eigenvalue weighted by atomic mass is 35.5. The summed E-state index contributed by atoms with van der Waals surface area (Å²) in [6.07, 6.45) is -9.67. The molecule has 0 radical (unpaired) electrons. The van der Waals surface area contributed by atoms with Crippen LogP contribution in [0.15, 0.2) is 27.6 Å². The Morgan fingerprint density at radius 3 is 2.07 bits per heavy atom. The van der Waals surface area contributed by atoms with E-state index in [4.69, 9.17) is 11.6 Å². The fourth-order valence-corrected chi connectivity index (χ4v) is 4.88. The van der Waals surface area contributed by atoms with E-state index >= 15 is 0 Å². The summed E-state index contributed by atoms with van der Waals surface area (Å²) in [4.78, 5) is 2.52. The normalized spacial score (nSPS) is 14.6. The van der Waals surface area contributed by atoms with Crippen molar-refractivity contribution in [3.05, 3.63) is 40.5 Å². The van der Waals surface area contributed by atoms with Gasteiger partial charge in [0.2, 0.25) is 10.0 Å². The molecule has 1 aromatic heterocycles. The minimum Gasteiger partial charge on any atom is -0.329 e. The lowest BCUT2D eigenvalue weighted by molar-refractivity contribution is -0.159. The number of alkyl halides is 6. The zero-order chi connectivity index (χ0) is 22.4. The van der Waals surface area contributed by atoms with Crippen LogP contribution in [0.25, 0.3) is 0 Å². The molecule has 2 aromatic rings. The van der Waals surface area contributed by atoms with Gasteiger partial charge in [-0.1, -0.05) is 16.8 Å². The summed E-state index contributed by atoms with van der Waals surface area (Å²) in [5.41, 5.74) is -1.15. The molecular formula is C15H14ClF6N3O3S. The lowest BCUT2D eigenvalue weighted by Gasteiger charge is -2.30. The van der Waals surface area contributed by atoms with Crippen LogP contribution in [0.3, 0.4) is 0 Å². The van der Waals surface area contributed by atoms with Gasteiger partial charge in [-0.15, -0.1) is 0 Å². The SMILES string of the molecule is CC(C)N([C@@H](C)c1noc(C(F)(F)F)n1)S(=O)(=O)c1ccc(C(F)(F)F)cc1Cl. The van der Waals surface area contributed by atoms with Gasteiger partial charge in [0, 0.05) is 6.04 Å². The molecule has 1 atom stereocenters. The van der Waals surface area contributed by atoms with Crippen molar-refractivity contribution < 1.29 is 39.3 Å². The van der Waals surface area contributed by atoms with Crippen molar-refractivity contribution in [3.8, 4) is 0 Å². The number of nitrogens with zero attached hydrogens (tertiary/aromatic N) is 3. The molecule has 0 bridgehead atoms. The molecule has 2 rings (SSSR count). The van der Waals surface area contributed by atoms with E-state index in [0.717, 1.165) is 4.31 Å². The summed E-state index contributed by atoms with van der Waals surface area (Å²) in [7, 11) is -4.54. The van der Waals surface area contributed by atoms with Crippen molar-refractivity contribution in [3.63, 3.8) is 0 Å². The van der Waals surface area contributed by atoms with Gasteiger partial charge in [-0.2, -0.15) is 35.6 Å². The zero-order valence-corrected chi connectivity index (χ0v) is 16.6. The molecule has 0 aliphatic carbocycles. The number of hydrogen-bond acceptors (Lipinski definition) is 5. The Morgan fingerprint density at radius 1 is 1.07 bits per heavy atom. The third-order valence-corrected chi connectivity index (χ3v) is 6.39. The molecule has 0 unspecified atom stereocenters. The number of halogens is 7. The molecule has 0 spiro atoms. The molecule has 0 aliphatic rings. The average Bonchev–Trinajstić information content (AvgIpc) is 3.03. The van der Waals surface area contributed by atoms with Crippen molar-refractivity contribution in [1.82, 2.24) is 14.4 Å². The standard InChI is InChI=1S/C15H14ClF6N3O3S/c1-7(2)25(8(3)12-23-13(28-24-12)15(20,21)22)29(26,27)11-5-4-9(6-10(11)16)14(17,18)19/h4-8H,1-3H3/t8-/m0/s1. The zero-order valence-electron chi connectivity index (χ0n) is 15.0. The first kappa shape index (κ1) is 23.4. The van der Waals surface area contributed by atoms with E-state index in [9.17, 15) is 34.8 Å². The Morgan fingerprint density at radius 2 is 1.66 bits per heavy atom. The largest absolute Gasteiger partial charge is 0.471 e. The first-order valence-corrected chi connectivity index (χ1v) is 9.69. The molecule has 29 heavy (non-hydrogen) atoms. The molecule has 1 aromatic carbocycles. The molecule has 0 saturated heterocycles. The van der Waals surface area contributed by atoms with Crippen molar-refractivity contribution in [2.24, 2.45) is 0 Å². The van der Waals surface area contributed by atoms with Gasteiger partial charge in [-0.05, 0) is 39.0 Å². The van der Waals surface area contributed by atoms with Gasteiger partial charge < -0.3 is 4.52 Å². The minimum absolute atomic E-state index is 0.452. The van der Waals surface area contributed by atoms with E-state index in [0.29, 0.717) is 18.2 Å². The fraction of sp³-hybridized carbons (Fsp3) is 0.467. The molecule has 14 heteroatoms. The molecule has 6 nitrogen and oxygen atoms in total. The van der Waals surface area contributed by atoms with Crippen LogP contribution in [0, 0.1) is 0 Å². The Labute approximate surface area is 166 Å². The van der Waals surface area contributed by atoms with Crippen LogP contribution in [0.5, 0.6) is 0 Å². The topological polar surface area (TPSA) is 76.3 Å². The molecule has 0 N–H and O–H groups in total. The van der Waals surface area contributed by atoms with Crippen molar-refractivity contribution >= 4 is 21.6 Å². The van der Waals surface area contributed by atoms with Gasteiger partial charge in [-0.3, -0.25) is 0 Å². The second-order valence-electron chi connectivity index (χ2n) is 6.20. The fourth-order valence-electron chi connectivity index (χ4n) is 2.57. The highest BCUT2D eigenvalue weighted by Gasteiger charge is 2.41. The summed E-state index contributed by atoms with van der Waals surface area (Å²) in [6, 6.07) is -0.495. The Hall–Kier alpha value is -1.86. The smallest absolute Gasteiger partial charge is 0.329 e. The first-order valence-electron chi connectivity index (χ1n) is 7.88. The quantitative estimate of drug-likeness (QED) is 0.586. The lowest BCUT2D eigenvalue weighted by Crippen LogP contribution is -2.39.